The van der Waals surface area contributed by atoms with Crippen LogP contribution in [0.4, 0.5) is 0 Å². The Labute approximate surface area is 111 Å². The predicted octanol–water partition coefficient (Wildman–Crippen LogP) is 2.60. The Bertz CT molecular complexity index is 261. The van der Waals surface area contributed by atoms with Crippen LogP contribution in [0.1, 0.15) is 64.7 Å². The quantitative estimate of drug-likeness (QED) is 0.807. The van der Waals surface area contributed by atoms with Crippen LogP contribution >= 0.6 is 0 Å². The number of hydrogen-bond acceptors (Lipinski definition) is 2. The van der Waals surface area contributed by atoms with Crippen molar-refractivity contribution in [1.82, 2.24) is 10.6 Å². The molecule has 104 valence electrons. The van der Waals surface area contributed by atoms with E-state index in [0.29, 0.717) is 24.4 Å². The zero-order valence-electron chi connectivity index (χ0n) is 11.7. The van der Waals surface area contributed by atoms with Gasteiger partial charge in [-0.05, 0) is 44.6 Å². The molecule has 0 spiro atoms. The fourth-order valence-corrected chi connectivity index (χ4v) is 3.29. The topological polar surface area (TPSA) is 41.1 Å². The first-order chi connectivity index (χ1) is 8.75. The lowest BCUT2D eigenvalue weighted by Crippen LogP contribution is -2.42. The maximum absolute atomic E-state index is 12.0. The van der Waals surface area contributed by atoms with Crippen molar-refractivity contribution in [2.24, 2.45) is 5.92 Å². The summed E-state index contributed by atoms with van der Waals surface area (Å²) in [5.41, 5.74) is 0. The predicted molar refractivity (Wildman–Crippen MR) is 74.4 cm³/mol. The molecule has 1 aliphatic heterocycles. The molecule has 0 radical (unpaired) electrons. The van der Waals surface area contributed by atoms with Crippen LogP contribution < -0.4 is 10.6 Å². The van der Waals surface area contributed by atoms with Crippen LogP contribution in [0.2, 0.25) is 0 Å². The first-order valence-electron chi connectivity index (χ1n) is 7.78. The summed E-state index contributed by atoms with van der Waals surface area (Å²) in [6.07, 6.45) is 10.6. The minimum absolute atomic E-state index is 0.265. The Hall–Kier alpha value is -0.570. The van der Waals surface area contributed by atoms with Crippen LogP contribution in [0, 0.1) is 5.92 Å². The lowest BCUT2D eigenvalue weighted by Gasteiger charge is -2.30. The summed E-state index contributed by atoms with van der Waals surface area (Å²) >= 11 is 0. The van der Waals surface area contributed by atoms with Gasteiger partial charge in [0.25, 0.3) is 0 Å². The highest BCUT2D eigenvalue weighted by molar-refractivity contribution is 5.76. The van der Waals surface area contributed by atoms with Gasteiger partial charge in [0.05, 0.1) is 0 Å². The van der Waals surface area contributed by atoms with Crippen molar-refractivity contribution in [1.29, 1.82) is 0 Å². The molecule has 0 aromatic rings. The molecule has 1 saturated heterocycles. The Morgan fingerprint density at radius 1 is 1.17 bits per heavy atom. The molecule has 1 amide bonds. The molecule has 0 aromatic carbocycles. The molecule has 3 heteroatoms. The van der Waals surface area contributed by atoms with E-state index in [1.54, 1.807) is 0 Å². The molecule has 0 aromatic heterocycles. The summed E-state index contributed by atoms with van der Waals surface area (Å²) in [5, 5.41) is 6.75. The molecular formula is C15H28N2O. The Balaban J connectivity index is 1.64. The molecular weight excluding hydrogens is 224 g/mol. The maximum atomic E-state index is 12.0. The minimum Gasteiger partial charge on any atom is -0.353 e. The van der Waals surface area contributed by atoms with Crippen molar-refractivity contribution < 1.29 is 4.79 Å². The molecule has 3 unspecified atom stereocenters. The number of carbonyl (C=O) groups is 1. The summed E-state index contributed by atoms with van der Waals surface area (Å²) < 4.78 is 0. The van der Waals surface area contributed by atoms with E-state index in [2.05, 4.69) is 17.6 Å². The second-order valence-electron chi connectivity index (χ2n) is 6.12. The summed E-state index contributed by atoms with van der Waals surface area (Å²) in [6.45, 7) is 3.40. The zero-order chi connectivity index (χ0) is 12.8. The Morgan fingerprint density at radius 2 is 1.94 bits per heavy atom. The van der Waals surface area contributed by atoms with Crippen molar-refractivity contribution in [3.05, 3.63) is 0 Å². The molecule has 2 aliphatic rings. The fourth-order valence-electron chi connectivity index (χ4n) is 3.29. The van der Waals surface area contributed by atoms with Gasteiger partial charge in [-0.15, -0.1) is 0 Å². The fraction of sp³-hybridized carbons (Fsp3) is 0.933. The highest BCUT2D eigenvalue weighted by atomic mass is 16.1. The molecule has 2 N–H and O–H groups in total. The number of rotatable bonds is 4. The average molecular weight is 252 g/mol. The smallest absolute Gasteiger partial charge is 0.220 e. The largest absolute Gasteiger partial charge is 0.353 e. The van der Waals surface area contributed by atoms with E-state index in [4.69, 9.17) is 0 Å². The SMILES string of the molecule is CC1CCCCC1NC(=O)CCC1CCCCN1. The second-order valence-corrected chi connectivity index (χ2v) is 6.12. The van der Waals surface area contributed by atoms with Crippen LogP contribution in [0.25, 0.3) is 0 Å². The molecule has 3 nitrogen and oxygen atoms in total. The van der Waals surface area contributed by atoms with Gasteiger partial charge in [0.1, 0.15) is 0 Å². The molecule has 18 heavy (non-hydrogen) atoms. The van der Waals surface area contributed by atoms with Gasteiger partial charge in [0, 0.05) is 18.5 Å². The van der Waals surface area contributed by atoms with Crippen LogP contribution in [-0.4, -0.2) is 24.5 Å². The van der Waals surface area contributed by atoms with E-state index in [9.17, 15) is 4.79 Å². The number of amides is 1. The monoisotopic (exact) mass is 252 g/mol. The van der Waals surface area contributed by atoms with Crippen molar-refractivity contribution >= 4 is 5.91 Å². The molecule has 1 heterocycles. The van der Waals surface area contributed by atoms with E-state index >= 15 is 0 Å². The lowest BCUT2D eigenvalue weighted by atomic mass is 9.86. The lowest BCUT2D eigenvalue weighted by molar-refractivity contribution is -0.122. The molecule has 0 bridgehead atoms. The van der Waals surface area contributed by atoms with Crippen LogP contribution in [0.3, 0.4) is 0 Å². The van der Waals surface area contributed by atoms with Crippen LogP contribution in [-0.2, 0) is 4.79 Å². The number of carbonyl (C=O) groups excluding carboxylic acids is 1. The first kappa shape index (κ1) is 13.9. The third-order valence-electron chi connectivity index (χ3n) is 4.59. The number of hydrogen-bond donors (Lipinski definition) is 2. The van der Waals surface area contributed by atoms with Gasteiger partial charge in [0.2, 0.25) is 5.91 Å². The molecule has 2 fully saturated rings. The summed E-state index contributed by atoms with van der Waals surface area (Å²) in [5.74, 6) is 0.927. The van der Waals surface area contributed by atoms with Gasteiger partial charge in [-0.1, -0.05) is 26.2 Å². The van der Waals surface area contributed by atoms with E-state index in [0.717, 1.165) is 13.0 Å². The summed E-state index contributed by atoms with van der Waals surface area (Å²) in [4.78, 5) is 12.0. The Morgan fingerprint density at radius 3 is 2.67 bits per heavy atom. The van der Waals surface area contributed by atoms with Crippen molar-refractivity contribution in [3.8, 4) is 0 Å². The van der Waals surface area contributed by atoms with Gasteiger partial charge >= 0.3 is 0 Å². The van der Waals surface area contributed by atoms with Gasteiger partial charge in [-0.25, -0.2) is 0 Å². The highest BCUT2D eigenvalue weighted by Crippen LogP contribution is 2.23. The standard InChI is InChI=1S/C15H28N2O/c1-12-6-2-3-8-14(12)17-15(18)10-9-13-7-4-5-11-16-13/h12-14,16H,2-11H2,1H3,(H,17,18). The number of piperidine rings is 1. The van der Waals surface area contributed by atoms with E-state index < -0.39 is 0 Å². The third kappa shape index (κ3) is 4.27. The summed E-state index contributed by atoms with van der Waals surface area (Å²) in [7, 11) is 0. The van der Waals surface area contributed by atoms with Gasteiger partial charge in [-0.3, -0.25) is 4.79 Å². The highest BCUT2D eigenvalue weighted by Gasteiger charge is 2.23. The van der Waals surface area contributed by atoms with Gasteiger partial charge < -0.3 is 10.6 Å². The minimum atomic E-state index is 0.265. The normalized spacial score (nSPS) is 33.1. The average Bonchev–Trinajstić information content (AvgIpc) is 2.40. The summed E-state index contributed by atoms with van der Waals surface area (Å²) in [6, 6.07) is 1.01. The molecule has 3 atom stereocenters. The van der Waals surface area contributed by atoms with Crippen molar-refractivity contribution in [3.63, 3.8) is 0 Å². The molecule has 1 saturated carbocycles. The Kier molecular flexibility index (Phi) is 5.48. The number of nitrogens with one attached hydrogen (secondary N) is 2. The second kappa shape index (κ2) is 7.13. The van der Waals surface area contributed by atoms with E-state index in [1.165, 1.54) is 44.9 Å². The van der Waals surface area contributed by atoms with E-state index in [-0.39, 0.29) is 5.91 Å². The zero-order valence-corrected chi connectivity index (χ0v) is 11.7. The maximum Gasteiger partial charge on any atom is 0.220 e. The van der Waals surface area contributed by atoms with Crippen LogP contribution in [0.5, 0.6) is 0 Å². The third-order valence-corrected chi connectivity index (χ3v) is 4.59. The van der Waals surface area contributed by atoms with Crippen molar-refractivity contribution in [2.75, 3.05) is 6.54 Å². The van der Waals surface area contributed by atoms with Crippen molar-refractivity contribution in [2.45, 2.75) is 76.8 Å². The van der Waals surface area contributed by atoms with Gasteiger partial charge in [-0.2, -0.15) is 0 Å². The first-order valence-corrected chi connectivity index (χ1v) is 7.78. The molecule has 1 aliphatic carbocycles. The molecule has 2 rings (SSSR count). The van der Waals surface area contributed by atoms with E-state index in [1.807, 2.05) is 0 Å². The van der Waals surface area contributed by atoms with Crippen LogP contribution in [0.15, 0.2) is 0 Å². The van der Waals surface area contributed by atoms with Gasteiger partial charge in [0.15, 0.2) is 0 Å².